The fourth-order valence-electron chi connectivity index (χ4n) is 3.48. The molecule has 33 heavy (non-hydrogen) atoms. The van der Waals surface area contributed by atoms with E-state index in [4.69, 9.17) is 11.6 Å². The van der Waals surface area contributed by atoms with Gasteiger partial charge < -0.3 is 14.7 Å². The number of halogens is 1. The standard InChI is InChI=1S/C24H28ClN5O2S/c1-4-10-29(11-5-2)22-16-21(25)26-24(27-22)33-17-19-6-8-20(9-7-19)23(32)30-14-12-28(13-15-30)18(3)31/h4-9,16H,1-2,10-15,17H2,3H3. The summed E-state index contributed by atoms with van der Waals surface area (Å²) in [6.07, 6.45) is 3.61. The van der Waals surface area contributed by atoms with Crippen LogP contribution in [0, 0.1) is 0 Å². The highest BCUT2D eigenvalue weighted by Gasteiger charge is 2.23. The summed E-state index contributed by atoms with van der Waals surface area (Å²) in [5.74, 6) is 1.41. The highest BCUT2D eigenvalue weighted by molar-refractivity contribution is 7.98. The molecule has 0 spiro atoms. The van der Waals surface area contributed by atoms with Gasteiger partial charge >= 0.3 is 0 Å². The van der Waals surface area contributed by atoms with Crippen LogP contribution in [0.25, 0.3) is 0 Å². The van der Waals surface area contributed by atoms with Crippen molar-refractivity contribution in [3.05, 3.63) is 71.9 Å². The fourth-order valence-corrected chi connectivity index (χ4v) is 4.52. The number of hydrogen-bond acceptors (Lipinski definition) is 6. The molecule has 1 aliphatic heterocycles. The molecule has 0 aliphatic carbocycles. The molecule has 174 valence electrons. The van der Waals surface area contributed by atoms with Crippen LogP contribution in [0.5, 0.6) is 0 Å². The zero-order chi connectivity index (χ0) is 23.8. The van der Waals surface area contributed by atoms with Crippen molar-refractivity contribution in [2.24, 2.45) is 0 Å². The minimum Gasteiger partial charge on any atom is -0.349 e. The predicted molar refractivity (Wildman–Crippen MR) is 134 cm³/mol. The van der Waals surface area contributed by atoms with Gasteiger partial charge in [0.2, 0.25) is 5.91 Å². The van der Waals surface area contributed by atoms with Crippen LogP contribution < -0.4 is 4.90 Å². The van der Waals surface area contributed by atoms with E-state index in [0.717, 1.165) is 11.4 Å². The van der Waals surface area contributed by atoms with Crippen LogP contribution in [0.1, 0.15) is 22.8 Å². The van der Waals surface area contributed by atoms with Crippen LogP contribution in [0.4, 0.5) is 5.82 Å². The van der Waals surface area contributed by atoms with Gasteiger partial charge in [-0.05, 0) is 17.7 Å². The van der Waals surface area contributed by atoms with Crippen LogP contribution >= 0.6 is 23.4 Å². The molecule has 1 saturated heterocycles. The Morgan fingerprint density at radius 1 is 1.06 bits per heavy atom. The molecule has 0 atom stereocenters. The van der Waals surface area contributed by atoms with Gasteiger partial charge in [-0.3, -0.25) is 9.59 Å². The van der Waals surface area contributed by atoms with Gasteiger partial charge in [0.15, 0.2) is 5.16 Å². The van der Waals surface area contributed by atoms with Crippen molar-refractivity contribution >= 4 is 41.0 Å². The first-order chi connectivity index (χ1) is 15.9. The highest BCUT2D eigenvalue weighted by Crippen LogP contribution is 2.25. The number of rotatable bonds is 9. The smallest absolute Gasteiger partial charge is 0.253 e. The lowest BCUT2D eigenvalue weighted by molar-refractivity contribution is -0.130. The summed E-state index contributed by atoms with van der Waals surface area (Å²) in [7, 11) is 0. The van der Waals surface area contributed by atoms with Crippen molar-refractivity contribution in [1.29, 1.82) is 0 Å². The number of nitrogens with zero attached hydrogens (tertiary/aromatic N) is 5. The van der Waals surface area contributed by atoms with Crippen LogP contribution in [0.2, 0.25) is 5.15 Å². The molecule has 2 heterocycles. The number of piperazine rings is 1. The van der Waals surface area contributed by atoms with E-state index in [-0.39, 0.29) is 11.8 Å². The van der Waals surface area contributed by atoms with E-state index in [1.807, 2.05) is 29.2 Å². The van der Waals surface area contributed by atoms with Gasteiger partial charge in [-0.1, -0.05) is 47.6 Å². The number of benzene rings is 1. The Labute approximate surface area is 204 Å². The van der Waals surface area contributed by atoms with E-state index >= 15 is 0 Å². The largest absolute Gasteiger partial charge is 0.349 e. The van der Waals surface area contributed by atoms with E-state index in [0.29, 0.717) is 60.9 Å². The SMILES string of the molecule is C=CCN(CC=C)c1cc(Cl)nc(SCc2ccc(C(=O)N3CCN(C(C)=O)CC3)cc2)n1. The number of thioether (sulfide) groups is 1. The lowest BCUT2D eigenvalue weighted by Gasteiger charge is -2.34. The zero-order valence-corrected chi connectivity index (χ0v) is 20.3. The number of amides is 2. The topological polar surface area (TPSA) is 69.6 Å². The molecule has 1 aromatic carbocycles. The Balaban J connectivity index is 1.60. The Kier molecular flexibility index (Phi) is 8.91. The number of carbonyl (C=O) groups is 2. The molecule has 1 aliphatic rings. The predicted octanol–water partition coefficient (Wildman–Crippen LogP) is 3.91. The quantitative estimate of drug-likeness (QED) is 0.232. The molecule has 0 radical (unpaired) electrons. The number of hydrogen-bond donors (Lipinski definition) is 0. The van der Waals surface area contributed by atoms with E-state index in [1.54, 1.807) is 34.9 Å². The van der Waals surface area contributed by atoms with Crippen LogP contribution in [0.3, 0.4) is 0 Å². The maximum atomic E-state index is 12.8. The summed E-state index contributed by atoms with van der Waals surface area (Å²) in [6.45, 7) is 12.7. The number of carbonyl (C=O) groups excluding carboxylic acids is 2. The van der Waals surface area contributed by atoms with E-state index in [9.17, 15) is 9.59 Å². The van der Waals surface area contributed by atoms with Crippen molar-refractivity contribution in [3.63, 3.8) is 0 Å². The number of aromatic nitrogens is 2. The average molecular weight is 486 g/mol. The van der Waals surface area contributed by atoms with Gasteiger partial charge in [-0.2, -0.15) is 0 Å². The second kappa shape index (κ2) is 11.9. The second-order valence-electron chi connectivity index (χ2n) is 7.60. The van der Waals surface area contributed by atoms with Gasteiger partial charge in [0.05, 0.1) is 0 Å². The maximum absolute atomic E-state index is 12.8. The molecule has 1 aromatic heterocycles. The number of anilines is 1. The van der Waals surface area contributed by atoms with Crippen molar-refractivity contribution in [1.82, 2.24) is 19.8 Å². The van der Waals surface area contributed by atoms with Crippen LogP contribution in [0.15, 0.2) is 60.8 Å². The normalized spacial score (nSPS) is 13.5. The molecule has 0 saturated carbocycles. The van der Waals surface area contributed by atoms with Gasteiger partial charge in [-0.25, -0.2) is 9.97 Å². The second-order valence-corrected chi connectivity index (χ2v) is 8.93. The van der Waals surface area contributed by atoms with E-state index in [1.165, 1.54) is 11.8 Å². The fraction of sp³-hybridized carbons (Fsp3) is 0.333. The maximum Gasteiger partial charge on any atom is 0.253 e. The van der Waals surface area contributed by atoms with Gasteiger partial charge in [0.1, 0.15) is 11.0 Å². The molecule has 1 fully saturated rings. The van der Waals surface area contributed by atoms with E-state index in [2.05, 4.69) is 23.1 Å². The molecule has 9 heteroatoms. The van der Waals surface area contributed by atoms with Crippen LogP contribution in [-0.4, -0.2) is 70.9 Å². The summed E-state index contributed by atoms with van der Waals surface area (Å²) in [5.41, 5.74) is 1.70. The van der Waals surface area contributed by atoms with Crippen molar-refractivity contribution in [3.8, 4) is 0 Å². The first-order valence-electron chi connectivity index (χ1n) is 10.7. The Morgan fingerprint density at radius 3 is 2.24 bits per heavy atom. The summed E-state index contributed by atoms with van der Waals surface area (Å²) < 4.78 is 0. The Bertz CT molecular complexity index is 996. The van der Waals surface area contributed by atoms with E-state index < -0.39 is 0 Å². The molecule has 2 amide bonds. The molecule has 2 aromatic rings. The van der Waals surface area contributed by atoms with Crippen molar-refractivity contribution < 1.29 is 9.59 Å². The summed E-state index contributed by atoms with van der Waals surface area (Å²) >= 11 is 7.71. The van der Waals surface area contributed by atoms with Gasteiger partial charge in [0, 0.05) is 63.6 Å². The van der Waals surface area contributed by atoms with Crippen molar-refractivity contribution in [2.75, 3.05) is 44.2 Å². The summed E-state index contributed by atoms with van der Waals surface area (Å²) in [4.78, 5) is 38.8. The zero-order valence-electron chi connectivity index (χ0n) is 18.7. The van der Waals surface area contributed by atoms with Gasteiger partial charge in [0.25, 0.3) is 5.91 Å². The monoisotopic (exact) mass is 485 g/mol. The van der Waals surface area contributed by atoms with Crippen molar-refractivity contribution in [2.45, 2.75) is 17.8 Å². The first-order valence-corrected chi connectivity index (χ1v) is 12.1. The molecular weight excluding hydrogens is 458 g/mol. The lowest BCUT2D eigenvalue weighted by atomic mass is 10.1. The van der Waals surface area contributed by atoms with Gasteiger partial charge in [-0.15, -0.1) is 13.2 Å². The minimum atomic E-state index is -0.00949. The molecule has 0 bridgehead atoms. The first kappa shape index (κ1) is 24.8. The third kappa shape index (κ3) is 6.82. The molecule has 3 rings (SSSR count). The Morgan fingerprint density at radius 2 is 1.67 bits per heavy atom. The molecule has 7 nitrogen and oxygen atoms in total. The third-order valence-electron chi connectivity index (χ3n) is 5.26. The third-order valence-corrected chi connectivity index (χ3v) is 6.38. The minimum absolute atomic E-state index is 0.00949. The summed E-state index contributed by atoms with van der Waals surface area (Å²) in [5, 5.41) is 0.963. The molecular formula is C24H28ClN5O2S. The average Bonchev–Trinajstić information content (AvgIpc) is 2.82. The lowest BCUT2D eigenvalue weighted by Crippen LogP contribution is -2.50. The highest BCUT2D eigenvalue weighted by atomic mass is 35.5. The molecule has 0 N–H and O–H groups in total. The Hall–Kier alpha value is -2.84. The van der Waals surface area contributed by atoms with Crippen LogP contribution in [-0.2, 0) is 10.5 Å². The molecule has 0 unspecified atom stereocenters. The summed E-state index contributed by atoms with van der Waals surface area (Å²) in [6, 6.07) is 9.30.